The maximum Gasteiger partial charge on any atom is 0.409 e. The van der Waals surface area contributed by atoms with E-state index in [2.05, 4.69) is 25.9 Å². The number of nitrogens with one attached hydrogen (secondary N) is 3. The lowest BCUT2D eigenvalue weighted by Gasteiger charge is -2.05. The molecule has 3 rings (SSSR count). The first-order valence-electron chi connectivity index (χ1n) is 10.5. The largest absolute Gasteiger partial charge is 0.465 e. The summed E-state index contributed by atoms with van der Waals surface area (Å²) in [6.45, 7) is 1.45. The van der Waals surface area contributed by atoms with Crippen LogP contribution in [0.25, 0.3) is 0 Å². The lowest BCUT2D eigenvalue weighted by atomic mass is 10.0. The monoisotopic (exact) mass is 479 g/mol. The highest BCUT2D eigenvalue weighted by atomic mass is 32.1. The van der Waals surface area contributed by atoms with Gasteiger partial charge in [-0.25, -0.2) is 14.8 Å². The Hall–Kier alpha value is -4.05. The van der Waals surface area contributed by atoms with E-state index in [1.54, 1.807) is 19.2 Å². The molecule has 0 unspecified atom stereocenters. The number of benzene rings is 2. The molecule has 3 aromatic rings. The van der Waals surface area contributed by atoms with Crippen LogP contribution in [-0.4, -0.2) is 41.4 Å². The molecule has 10 heteroatoms. The van der Waals surface area contributed by atoms with Crippen molar-refractivity contribution in [2.45, 2.75) is 26.2 Å². The fourth-order valence-corrected chi connectivity index (χ4v) is 4.29. The van der Waals surface area contributed by atoms with Crippen LogP contribution in [0.1, 0.15) is 39.0 Å². The van der Waals surface area contributed by atoms with Crippen molar-refractivity contribution in [2.24, 2.45) is 4.99 Å². The fourth-order valence-electron chi connectivity index (χ4n) is 3.20. The summed E-state index contributed by atoms with van der Waals surface area (Å²) in [5.74, 6) is -0.303. The van der Waals surface area contributed by atoms with Crippen LogP contribution in [0.3, 0.4) is 0 Å². The summed E-state index contributed by atoms with van der Waals surface area (Å²) in [5.41, 5.74) is 4.28. The number of amides is 3. The maximum absolute atomic E-state index is 11.8. The van der Waals surface area contributed by atoms with Crippen LogP contribution in [0.15, 0.2) is 53.5 Å². The van der Waals surface area contributed by atoms with Crippen LogP contribution in [0.4, 0.5) is 15.6 Å². The molecule has 0 atom stereocenters. The number of aliphatic imine (C=N–C) groups is 1. The van der Waals surface area contributed by atoms with Crippen molar-refractivity contribution < 1.29 is 19.5 Å². The first-order chi connectivity index (χ1) is 16.3. The number of aryl methyl sites for hydroxylation is 2. The number of thiazole rings is 1. The molecule has 0 saturated heterocycles. The molecule has 3 amide bonds. The average molecular weight is 480 g/mol. The number of hydrogen-bond donors (Lipinski definition) is 4. The Kier molecular flexibility index (Phi) is 8.47. The van der Waals surface area contributed by atoms with Crippen LogP contribution in [-0.2, 0) is 24.1 Å². The van der Waals surface area contributed by atoms with Crippen LogP contribution in [0.5, 0.6) is 0 Å². The van der Waals surface area contributed by atoms with Crippen molar-refractivity contribution in [3.63, 3.8) is 0 Å². The van der Waals surface area contributed by atoms with Gasteiger partial charge >= 0.3 is 6.09 Å². The van der Waals surface area contributed by atoms with Crippen molar-refractivity contribution in [2.75, 3.05) is 12.4 Å². The van der Waals surface area contributed by atoms with E-state index in [-0.39, 0.29) is 11.8 Å². The Labute approximate surface area is 201 Å². The second kappa shape index (κ2) is 11.7. The fraction of sp³-hybridized carbons (Fsp3) is 0.208. The number of carbonyl (C=O) groups excluding carboxylic acids is 2. The van der Waals surface area contributed by atoms with Gasteiger partial charge in [0, 0.05) is 30.8 Å². The van der Waals surface area contributed by atoms with Gasteiger partial charge in [0.1, 0.15) is 0 Å². The number of rotatable bonds is 9. The lowest BCUT2D eigenvalue weighted by Crippen LogP contribution is -2.17. The zero-order valence-corrected chi connectivity index (χ0v) is 19.6. The van der Waals surface area contributed by atoms with E-state index < -0.39 is 6.09 Å². The summed E-state index contributed by atoms with van der Waals surface area (Å²) in [6, 6.07) is 14.9. The quantitative estimate of drug-likeness (QED) is 0.274. The Balaban J connectivity index is 1.71. The molecule has 176 valence electrons. The van der Waals surface area contributed by atoms with E-state index in [9.17, 15) is 14.4 Å². The number of anilines is 1. The van der Waals surface area contributed by atoms with Crippen LogP contribution < -0.4 is 16.0 Å². The summed E-state index contributed by atoms with van der Waals surface area (Å²) >= 11 is 1.45. The van der Waals surface area contributed by atoms with Crippen molar-refractivity contribution >= 4 is 46.4 Å². The smallest absolute Gasteiger partial charge is 0.409 e. The Morgan fingerprint density at radius 2 is 1.71 bits per heavy atom. The van der Waals surface area contributed by atoms with Crippen molar-refractivity contribution in [1.29, 1.82) is 0 Å². The summed E-state index contributed by atoms with van der Waals surface area (Å²) in [5, 5.41) is 16.6. The van der Waals surface area contributed by atoms with Crippen molar-refractivity contribution in [3.8, 4) is 0 Å². The highest BCUT2D eigenvalue weighted by molar-refractivity contribution is 7.15. The standard InChI is InChI=1S/C24H25N5O4S/c1-15(30)28-23-29-20(12-7-16-5-10-19(11-6-16)26-14-27-24(32)33)21(34-23)13-17-3-8-18(9-4-17)22(31)25-2/h3-6,8-11,14H,7,12-13H2,1-2H3,(H,25,31)(H,26,27)(H,32,33)(H,28,29,30). The zero-order valence-electron chi connectivity index (χ0n) is 18.8. The van der Waals surface area contributed by atoms with E-state index in [0.717, 1.165) is 34.5 Å². The van der Waals surface area contributed by atoms with Gasteiger partial charge in [-0.05, 0) is 48.2 Å². The minimum atomic E-state index is -1.17. The lowest BCUT2D eigenvalue weighted by molar-refractivity contribution is -0.114. The van der Waals surface area contributed by atoms with Gasteiger partial charge < -0.3 is 15.7 Å². The number of nitrogens with zero attached hydrogens (tertiary/aromatic N) is 2. The van der Waals surface area contributed by atoms with E-state index in [1.807, 2.05) is 36.4 Å². The molecule has 4 N–H and O–H groups in total. The third kappa shape index (κ3) is 7.24. The third-order valence-corrected chi connectivity index (χ3v) is 5.87. The highest BCUT2D eigenvalue weighted by Gasteiger charge is 2.14. The molecule has 0 radical (unpaired) electrons. The molecule has 0 aliphatic rings. The van der Waals surface area contributed by atoms with Gasteiger partial charge in [-0.2, -0.15) is 0 Å². The molecule has 34 heavy (non-hydrogen) atoms. The van der Waals surface area contributed by atoms with Gasteiger partial charge in [0.25, 0.3) is 5.91 Å². The maximum atomic E-state index is 11.8. The molecule has 0 aliphatic heterocycles. The Morgan fingerprint density at radius 1 is 1.03 bits per heavy atom. The van der Waals surface area contributed by atoms with Crippen LogP contribution in [0, 0.1) is 0 Å². The minimum absolute atomic E-state index is 0.132. The van der Waals surface area contributed by atoms with Crippen LogP contribution >= 0.6 is 11.3 Å². The predicted molar refractivity (Wildman–Crippen MR) is 132 cm³/mol. The van der Waals surface area contributed by atoms with Crippen molar-refractivity contribution in [3.05, 3.63) is 75.8 Å². The molecule has 1 aromatic heterocycles. The molecule has 0 spiro atoms. The van der Waals surface area contributed by atoms with E-state index >= 15 is 0 Å². The molecule has 0 saturated carbocycles. The molecule has 0 aliphatic carbocycles. The first-order valence-corrected chi connectivity index (χ1v) is 11.3. The Morgan fingerprint density at radius 3 is 2.32 bits per heavy atom. The normalized spacial score (nSPS) is 10.8. The molecule has 9 nitrogen and oxygen atoms in total. The highest BCUT2D eigenvalue weighted by Crippen LogP contribution is 2.27. The van der Waals surface area contributed by atoms with Gasteiger partial charge in [0.2, 0.25) is 5.91 Å². The second-order valence-electron chi connectivity index (χ2n) is 7.40. The second-order valence-corrected chi connectivity index (χ2v) is 8.48. The average Bonchev–Trinajstić information content (AvgIpc) is 3.18. The predicted octanol–water partition coefficient (Wildman–Crippen LogP) is 3.76. The summed E-state index contributed by atoms with van der Waals surface area (Å²) in [6.07, 6.45) is 2.03. The summed E-state index contributed by atoms with van der Waals surface area (Å²) in [7, 11) is 1.60. The van der Waals surface area contributed by atoms with Crippen LogP contribution in [0.2, 0.25) is 0 Å². The first kappa shape index (κ1) is 24.6. The summed E-state index contributed by atoms with van der Waals surface area (Å²) in [4.78, 5) is 43.5. The van der Waals surface area contributed by atoms with Crippen molar-refractivity contribution in [1.82, 2.24) is 15.6 Å². The number of carboxylic acid groups (broad SMARTS) is 1. The minimum Gasteiger partial charge on any atom is -0.465 e. The molecule has 2 aromatic carbocycles. The van der Waals surface area contributed by atoms with Gasteiger partial charge in [-0.1, -0.05) is 24.3 Å². The topological polar surface area (TPSA) is 133 Å². The zero-order chi connectivity index (χ0) is 24.5. The SMILES string of the molecule is CNC(=O)c1ccc(Cc2sc(NC(C)=O)nc2CCc2ccc(N=CNC(=O)O)cc2)cc1. The Bertz CT molecular complexity index is 1190. The van der Waals surface area contributed by atoms with E-state index in [4.69, 9.17) is 5.11 Å². The molecule has 1 heterocycles. The van der Waals surface area contributed by atoms with E-state index in [1.165, 1.54) is 18.3 Å². The molecular formula is C24H25N5O4S. The number of carbonyl (C=O) groups is 3. The molecule has 0 fully saturated rings. The molecular weight excluding hydrogens is 454 g/mol. The van der Waals surface area contributed by atoms with E-state index in [0.29, 0.717) is 29.2 Å². The van der Waals surface area contributed by atoms with Gasteiger partial charge in [0.15, 0.2) is 5.13 Å². The third-order valence-electron chi connectivity index (χ3n) is 4.86. The number of hydrogen-bond acceptors (Lipinski definition) is 6. The summed E-state index contributed by atoms with van der Waals surface area (Å²) < 4.78 is 0. The van der Waals surface area contributed by atoms with Gasteiger partial charge in [-0.3, -0.25) is 14.9 Å². The van der Waals surface area contributed by atoms with Gasteiger partial charge in [0.05, 0.1) is 17.7 Å². The molecule has 0 bridgehead atoms. The number of aromatic nitrogens is 1. The van der Waals surface area contributed by atoms with Gasteiger partial charge in [-0.15, -0.1) is 11.3 Å².